The predicted octanol–water partition coefficient (Wildman–Crippen LogP) is 20.4. The number of esters is 3. The maximum atomic E-state index is 12.9. The van der Waals surface area contributed by atoms with E-state index in [4.69, 9.17) is 14.2 Å². The molecule has 0 aromatic rings. The van der Waals surface area contributed by atoms with Crippen molar-refractivity contribution < 1.29 is 28.6 Å². The van der Waals surface area contributed by atoms with E-state index in [2.05, 4.69) is 81.5 Å². The molecule has 6 nitrogen and oxygen atoms in total. The van der Waals surface area contributed by atoms with Crippen LogP contribution in [0.4, 0.5) is 0 Å². The van der Waals surface area contributed by atoms with Gasteiger partial charge in [-0.2, -0.15) is 0 Å². The molecule has 0 aliphatic heterocycles. The molecular formula is C64H114O6. The SMILES string of the molecule is CCCCC/C=C\C/C=C\C/C=C\CCCCCCC(=O)O[C@H](COC(=O)CCCCCCC/C=C\CCCCCCCCC)COC(=O)CCCCCCCCC/C=C\CCCCCCCCCC. The van der Waals surface area contributed by atoms with Gasteiger partial charge in [0.1, 0.15) is 13.2 Å². The highest BCUT2D eigenvalue weighted by molar-refractivity contribution is 5.71. The quantitative estimate of drug-likeness (QED) is 0.0261. The number of hydrogen-bond donors (Lipinski definition) is 0. The molecule has 0 aliphatic carbocycles. The summed E-state index contributed by atoms with van der Waals surface area (Å²) in [7, 11) is 0. The van der Waals surface area contributed by atoms with Crippen molar-refractivity contribution in [1.29, 1.82) is 0 Å². The maximum Gasteiger partial charge on any atom is 0.306 e. The lowest BCUT2D eigenvalue weighted by Gasteiger charge is -2.18. The van der Waals surface area contributed by atoms with Crippen molar-refractivity contribution in [3.63, 3.8) is 0 Å². The van der Waals surface area contributed by atoms with Crippen molar-refractivity contribution in [2.75, 3.05) is 13.2 Å². The van der Waals surface area contributed by atoms with Gasteiger partial charge in [-0.1, -0.05) is 242 Å². The molecule has 0 amide bonds. The van der Waals surface area contributed by atoms with Gasteiger partial charge in [0.15, 0.2) is 6.10 Å². The average molecular weight is 980 g/mol. The Morgan fingerprint density at radius 1 is 0.286 bits per heavy atom. The van der Waals surface area contributed by atoms with Crippen LogP contribution < -0.4 is 0 Å². The van der Waals surface area contributed by atoms with E-state index in [1.807, 2.05) is 0 Å². The van der Waals surface area contributed by atoms with Crippen LogP contribution in [0, 0.1) is 0 Å². The summed E-state index contributed by atoms with van der Waals surface area (Å²) in [5.41, 5.74) is 0. The van der Waals surface area contributed by atoms with Crippen molar-refractivity contribution >= 4 is 17.9 Å². The monoisotopic (exact) mass is 979 g/mol. The molecule has 0 aromatic heterocycles. The molecule has 0 aromatic carbocycles. The van der Waals surface area contributed by atoms with Gasteiger partial charge in [-0.3, -0.25) is 14.4 Å². The van der Waals surface area contributed by atoms with E-state index in [9.17, 15) is 14.4 Å². The minimum Gasteiger partial charge on any atom is -0.462 e. The molecule has 0 saturated carbocycles. The van der Waals surface area contributed by atoms with Crippen LogP contribution in [0.3, 0.4) is 0 Å². The second kappa shape index (κ2) is 58.7. The Morgan fingerprint density at radius 3 is 0.843 bits per heavy atom. The van der Waals surface area contributed by atoms with E-state index in [-0.39, 0.29) is 31.1 Å². The van der Waals surface area contributed by atoms with Crippen molar-refractivity contribution in [3.8, 4) is 0 Å². The van der Waals surface area contributed by atoms with Crippen LogP contribution in [-0.4, -0.2) is 37.2 Å². The summed E-state index contributed by atoms with van der Waals surface area (Å²) in [6, 6.07) is 0. The molecule has 0 saturated heterocycles. The maximum absolute atomic E-state index is 12.9. The molecule has 0 radical (unpaired) electrons. The Bertz CT molecular complexity index is 1260. The first-order valence-corrected chi connectivity index (χ1v) is 30.3. The first-order chi connectivity index (χ1) is 34.5. The van der Waals surface area contributed by atoms with E-state index < -0.39 is 6.10 Å². The summed E-state index contributed by atoms with van der Waals surface area (Å²) in [6.45, 7) is 6.61. The van der Waals surface area contributed by atoms with Crippen LogP contribution in [0.25, 0.3) is 0 Å². The molecule has 0 rings (SSSR count). The van der Waals surface area contributed by atoms with Crippen LogP contribution in [0.1, 0.15) is 310 Å². The van der Waals surface area contributed by atoms with Gasteiger partial charge in [0.2, 0.25) is 0 Å². The zero-order valence-electron chi connectivity index (χ0n) is 46.5. The van der Waals surface area contributed by atoms with Gasteiger partial charge in [-0.05, 0) is 109 Å². The average Bonchev–Trinajstić information content (AvgIpc) is 3.36. The van der Waals surface area contributed by atoms with Gasteiger partial charge in [0.25, 0.3) is 0 Å². The highest BCUT2D eigenvalue weighted by atomic mass is 16.6. The van der Waals surface area contributed by atoms with Crippen LogP contribution in [-0.2, 0) is 28.6 Å². The molecule has 0 heterocycles. The van der Waals surface area contributed by atoms with Crippen molar-refractivity contribution in [1.82, 2.24) is 0 Å². The molecule has 6 heteroatoms. The lowest BCUT2D eigenvalue weighted by atomic mass is 10.1. The Kier molecular flexibility index (Phi) is 56.3. The van der Waals surface area contributed by atoms with Crippen LogP contribution >= 0.6 is 0 Å². The summed E-state index contributed by atoms with van der Waals surface area (Å²) >= 11 is 0. The Labute approximate surface area is 434 Å². The fraction of sp³-hybridized carbons (Fsp3) is 0.797. The Hall–Kier alpha value is -2.89. The molecule has 0 bridgehead atoms. The lowest BCUT2D eigenvalue weighted by molar-refractivity contribution is -0.167. The molecule has 0 spiro atoms. The predicted molar refractivity (Wildman–Crippen MR) is 302 cm³/mol. The van der Waals surface area contributed by atoms with Gasteiger partial charge >= 0.3 is 17.9 Å². The number of unbranched alkanes of at least 4 members (excludes halogenated alkanes) is 34. The van der Waals surface area contributed by atoms with E-state index >= 15 is 0 Å². The fourth-order valence-electron chi connectivity index (χ4n) is 8.62. The number of hydrogen-bond acceptors (Lipinski definition) is 6. The number of ether oxygens (including phenoxy) is 3. The van der Waals surface area contributed by atoms with Gasteiger partial charge in [-0.15, -0.1) is 0 Å². The Morgan fingerprint density at radius 2 is 0.514 bits per heavy atom. The van der Waals surface area contributed by atoms with E-state index in [0.717, 1.165) is 89.9 Å². The summed E-state index contributed by atoms with van der Waals surface area (Å²) in [6.07, 6.45) is 73.5. The first-order valence-electron chi connectivity index (χ1n) is 30.3. The standard InChI is InChI=1S/C64H114O6/c1-4-7-10-13-16-19-22-25-28-31-32-34-36-39-42-45-48-51-54-57-63(66)69-60-61(59-68-62(65)56-53-50-47-44-41-38-35-30-27-24-21-18-15-12-9-6-3)70-64(67)58-55-52-49-46-43-40-37-33-29-26-23-20-17-14-11-8-5-2/h17,20,26,29-32,35,37,40,61H,4-16,18-19,21-25,27-28,33-34,36,38-39,41-60H2,1-3H3/b20-17-,29-26-,32-31-,35-30-,40-37-/t61-/m1/s1. The summed E-state index contributed by atoms with van der Waals surface area (Å²) in [4.78, 5) is 38.2. The van der Waals surface area contributed by atoms with E-state index in [1.165, 1.54) is 180 Å². The fourth-order valence-corrected chi connectivity index (χ4v) is 8.62. The van der Waals surface area contributed by atoms with E-state index in [0.29, 0.717) is 19.3 Å². The van der Waals surface area contributed by atoms with Crippen LogP contribution in [0.2, 0.25) is 0 Å². The summed E-state index contributed by atoms with van der Waals surface area (Å²) in [5.74, 6) is -0.908. The molecule has 1 atom stereocenters. The number of allylic oxidation sites excluding steroid dienone is 10. The van der Waals surface area contributed by atoms with Crippen LogP contribution in [0.5, 0.6) is 0 Å². The molecule has 406 valence electrons. The van der Waals surface area contributed by atoms with Gasteiger partial charge < -0.3 is 14.2 Å². The highest BCUT2D eigenvalue weighted by Crippen LogP contribution is 2.15. The molecular weight excluding hydrogens is 865 g/mol. The molecule has 0 fully saturated rings. The molecule has 0 unspecified atom stereocenters. The third-order valence-electron chi connectivity index (χ3n) is 13.2. The van der Waals surface area contributed by atoms with E-state index in [1.54, 1.807) is 0 Å². The molecule has 70 heavy (non-hydrogen) atoms. The second-order valence-electron chi connectivity index (χ2n) is 20.2. The lowest BCUT2D eigenvalue weighted by Crippen LogP contribution is -2.30. The summed E-state index contributed by atoms with van der Waals surface area (Å²) < 4.78 is 16.9. The Balaban J connectivity index is 4.41. The minimum atomic E-state index is -0.791. The first kappa shape index (κ1) is 67.1. The van der Waals surface area contributed by atoms with Crippen molar-refractivity contribution in [2.45, 2.75) is 316 Å². The number of rotatable bonds is 55. The molecule has 0 aliphatic rings. The number of carbonyl (C=O) groups is 3. The zero-order valence-corrected chi connectivity index (χ0v) is 46.5. The topological polar surface area (TPSA) is 78.9 Å². The molecule has 0 N–H and O–H groups in total. The van der Waals surface area contributed by atoms with Gasteiger partial charge in [0.05, 0.1) is 0 Å². The largest absolute Gasteiger partial charge is 0.462 e. The number of carbonyl (C=O) groups excluding carboxylic acids is 3. The van der Waals surface area contributed by atoms with Crippen molar-refractivity contribution in [2.24, 2.45) is 0 Å². The second-order valence-corrected chi connectivity index (χ2v) is 20.2. The van der Waals surface area contributed by atoms with Gasteiger partial charge in [-0.25, -0.2) is 0 Å². The third kappa shape index (κ3) is 56.0. The smallest absolute Gasteiger partial charge is 0.306 e. The highest BCUT2D eigenvalue weighted by Gasteiger charge is 2.19. The zero-order chi connectivity index (χ0) is 50.7. The summed E-state index contributed by atoms with van der Waals surface area (Å²) in [5, 5.41) is 0. The van der Waals surface area contributed by atoms with Crippen molar-refractivity contribution in [3.05, 3.63) is 60.8 Å². The minimum absolute atomic E-state index is 0.0871. The third-order valence-corrected chi connectivity index (χ3v) is 13.2. The van der Waals surface area contributed by atoms with Gasteiger partial charge in [0, 0.05) is 19.3 Å². The van der Waals surface area contributed by atoms with Crippen LogP contribution in [0.15, 0.2) is 60.8 Å². The normalized spacial score (nSPS) is 12.4.